The van der Waals surface area contributed by atoms with Crippen molar-refractivity contribution in [2.75, 3.05) is 19.7 Å². The van der Waals surface area contributed by atoms with E-state index in [-0.39, 0.29) is 17.9 Å². The molecule has 0 unspecified atom stereocenters. The van der Waals surface area contributed by atoms with Crippen LogP contribution in [0.4, 0.5) is 0 Å². The number of hydrogen-bond acceptors (Lipinski definition) is 5. The molecule has 3 atom stereocenters. The lowest BCUT2D eigenvalue weighted by Crippen LogP contribution is -2.46. The Morgan fingerprint density at radius 3 is 2.91 bits per heavy atom. The van der Waals surface area contributed by atoms with Gasteiger partial charge in [0.05, 0.1) is 22.5 Å². The van der Waals surface area contributed by atoms with Crippen molar-refractivity contribution in [1.82, 2.24) is 15.2 Å². The van der Waals surface area contributed by atoms with E-state index >= 15 is 0 Å². The van der Waals surface area contributed by atoms with E-state index in [4.69, 9.17) is 4.74 Å². The van der Waals surface area contributed by atoms with Crippen molar-refractivity contribution in [3.63, 3.8) is 0 Å². The number of nitrogens with one attached hydrogen (secondary N) is 1. The summed E-state index contributed by atoms with van der Waals surface area (Å²) in [5.74, 6) is 1.68. The van der Waals surface area contributed by atoms with Crippen LogP contribution in [0.2, 0.25) is 0 Å². The number of carbonyl (C=O) groups excluding carboxylic acids is 2. The molecule has 2 aromatic carbocycles. The normalized spacial score (nSPS) is 22.2. The minimum atomic E-state index is -0.0891. The molecular weight excluding hydrogens is 458 g/mol. The maximum absolute atomic E-state index is 13.8. The molecular formula is C28H29N3O3S. The first-order chi connectivity index (χ1) is 17.0. The van der Waals surface area contributed by atoms with Crippen molar-refractivity contribution < 1.29 is 14.3 Å². The number of thiazole rings is 1. The standard InChI is InChI=1S/C28H29N3O3S/c1-16-6-3-7-18(12-16)26-25(30-17(2)35-26)28(33)31-15-19-13-22(19)23(31)14-29-27(32)21-8-4-10-24-20(21)9-5-11-34-24/h3-4,6-8,10,12,19,22-23H,5,9,11,13-15H2,1-2H3,(H,29,32)/t19-,22-,23-/m1/s1. The fourth-order valence-electron chi connectivity index (χ4n) is 5.65. The topological polar surface area (TPSA) is 71.5 Å². The van der Waals surface area contributed by atoms with Crippen molar-refractivity contribution in [2.45, 2.75) is 39.2 Å². The predicted octanol–water partition coefficient (Wildman–Crippen LogP) is 4.64. The van der Waals surface area contributed by atoms with Gasteiger partial charge in [-0.2, -0.15) is 0 Å². The summed E-state index contributed by atoms with van der Waals surface area (Å²) >= 11 is 1.56. The molecule has 3 aliphatic rings. The van der Waals surface area contributed by atoms with Crippen molar-refractivity contribution >= 4 is 23.2 Å². The number of fused-ring (bicyclic) bond motifs is 2. The lowest BCUT2D eigenvalue weighted by atomic mass is 9.99. The Hall–Kier alpha value is -3.19. The zero-order chi connectivity index (χ0) is 24.1. The number of likely N-dealkylation sites (tertiary alicyclic amines) is 1. The number of rotatable bonds is 5. The third kappa shape index (κ3) is 4.12. The fourth-order valence-corrected chi connectivity index (χ4v) is 6.56. The van der Waals surface area contributed by atoms with E-state index in [2.05, 4.69) is 29.4 Å². The van der Waals surface area contributed by atoms with Crippen molar-refractivity contribution in [1.29, 1.82) is 0 Å². The average Bonchev–Trinajstić information content (AvgIpc) is 3.38. The van der Waals surface area contributed by atoms with Crippen LogP contribution in [0.15, 0.2) is 42.5 Å². The maximum atomic E-state index is 13.8. The van der Waals surface area contributed by atoms with Crippen LogP contribution in [-0.2, 0) is 6.42 Å². The molecule has 6 nitrogen and oxygen atoms in total. The summed E-state index contributed by atoms with van der Waals surface area (Å²) in [4.78, 5) is 34.4. The first-order valence-electron chi connectivity index (χ1n) is 12.4. The molecule has 2 amide bonds. The molecule has 1 N–H and O–H groups in total. The number of aromatic nitrogens is 1. The zero-order valence-electron chi connectivity index (χ0n) is 20.0. The van der Waals surface area contributed by atoms with E-state index in [1.54, 1.807) is 11.3 Å². The minimum absolute atomic E-state index is 0.000367. The van der Waals surface area contributed by atoms with Gasteiger partial charge in [0, 0.05) is 24.2 Å². The van der Waals surface area contributed by atoms with E-state index in [9.17, 15) is 9.59 Å². The number of amides is 2. The summed E-state index contributed by atoms with van der Waals surface area (Å²) in [5.41, 5.74) is 4.39. The summed E-state index contributed by atoms with van der Waals surface area (Å²) < 4.78 is 5.73. The van der Waals surface area contributed by atoms with E-state index in [0.717, 1.165) is 58.1 Å². The SMILES string of the molecule is Cc1cccc(-c2sc(C)nc2C(=O)N2C[C@H]3C[C@H]3[C@H]2CNC(=O)c2cccc3c2CCCO3)c1. The van der Waals surface area contributed by atoms with Crippen molar-refractivity contribution in [3.05, 3.63) is 69.9 Å². The van der Waals surface area contributed by atoms with Crippen LogP contribution in [-0.4, -0.2) is 47.4 Å². The maximum Gasteiger partial charge on any atom is 0.274 e. The van der Waals surface area contributed by atoms with E-state index in [1.165, 1.54) is 0 Å². The minimum Gasteiger partial charge on any atom is -0.493 e. The third-order valence-electron chi connectivity index (χ3n) is 7.46. The number of carbonyl (C=O) groups is 2. The summed E-state index contributed by atoms with van der Waals surface area (Å²) in [7, 11) is 0. The van der Waals surface area contributed by atoms with Crippen LogP contribution < -0.4 is 10.1 Å². The highest BCUT2D eigenvalue weighted by atomic mass is 32.1. The molecule has 6 rings (SSSR count). The van der Waals surface area contributed by atoms with Crippen molar-refractivity contribution in [2.24, 2.45) is 11.8 Å². The highest BCUT2D eigenvalue weighted by Gasteiger charge is 2.54. The molecule has 0 bridgehead atoms. The van der Waals surface area contributed by atoms with Gasteiger partial charge in [-0.1, -0.05) is 35.9 Å². The van der Waals surface area contributed by atoms with E-state index < -0.39 is 0 Å². The average molecular weight is 488 g/mol. The highest BCUT2D eigenvalue weighted by molar-refractivity contribution is 7.15. The lowest BCUT2D eigenvalue weighted by Gasteiger charge is -2.28. The second kappa shape index (κ2) is 8.79. The third-order valence-corrected chi connectivity index (χ3v) is 8.48. The summed E-state index contributed by atoms with van der Waals surface area (Å²) in [6, 6.07) is 13.9. The largest absolute Gasteiger partial charge is 0.493 e. The summed E-state index contributed by atoms with van der Waals surface area (Å²) in [6.45, 7) is 5.90. The number of hydrogen-bond donors (Lipinski definition) is 1. The van der Waals surface area contributed by atoms with Gasteiger partial charge in [0.1, 0.15) is 11.4 Å². The second-order valence-electron chi connectivity index (χ2n) is 9.91. The Labute approximate surface area is 209 Å². The smallest absolute Gasteiger partial charge is 0.274 e. The molecule has 1 saturated heterocycles. The quantitative estimate of drug-likeness (QED) is 0.569. The molecule has 35 heavy (non-hydrogen) atoms. The van der Waals surface area contributed by atoms with Gasteiger partial charge in [0.2, 0.25) is 0 Å². The molecule has 1 aliphatic carbocycles. The van der Waals surface area contributed by atoms with Gasteiger partial charge in [-0.3, -0.25) is 9.59 Å². The lowest BCUT2D eigenvalue weighted by molar-refractivity contribution is 0.0690. The molecule has 7 heteroatoms. The Balaban J connectivity index is 1.21. The van der Waals surface area contributed by atoms with Gasteiger partial charge in [-0.05, 0) is 62.6 Å². The van der Waals surface area contributed by atoms with E-state index in [0.29, 0.717) is 36.2 Å². The first kappa shape index (κ1) is 22.3. The van der Waals surface area contributed by atoms with Crippen LogP contribution in [0.1, 0.15) is 49.8 Å². The molecule has 1 saturated carbocycles. The Bertz CT molecular complexity index is 1320. The molecule has 3 heterocycles. The number of nitrogens with zero attached hydrogens (tertiary/aromatic N) is 2. The van der Waals surface area contributed by atoms with Crippen LogP contribution in [0.5, 0.6) is 5.75 Å². The Morgan fingerprint density at radius 2 is 2.06 bits per heavy atom. The molecule has 0 spiro atoms. The van der Waals surface area contributed by atoms with Gasteiger partial charge in [0.15, 0.2) is 0 Å². The number of piperidine rings is 1. The van der Waals surface area contributed by atoms with Crippen LogP contribution in [0, 0.1) is 25.7 Å². The highest BCUT2D eigenvalue weighted by Crippen LogP contribution is 2.50. The zero-order valence-corrected chi connectivity index (χ0v) is 20.9. The number of aryl methyl sites for hydroxylation is 2. The van der Waals surface area contributed by atoms with Gasteiger partial charge >= 0.3 is 0 Å². The van der Waals surface area contributed by atoms with Gasteiger partial charge in [-0.25, -0.2) is 4.98 Å². The first-order valence-corrected chi connectivity index (χ1v) is 13.2. The van der Waals surface area contributed by atoms with Crippen molar-refractivity contribution in [3.8, 4) is 16.2 Å². The van der Waals surface area contributed by atoms with Gasteiger partial charge in [0.25, 0.3) is 11.8 Å². The summed E-state index contributed by atoms with van der Waals surface area (Å²) in [6.07, 6.45) is 2.89. The Kier molecular flexibility index (Phi) is 5.60. The van der Waals surface area contributed by atoms with Crippen LogP contribution >= 0.6 is 11.3 Å². The summed E-state index contributed by atoms with van der Waals surface area (Å²) in [5, 5.41) is 4.02. The molecule has 1 aromatic heterocycles. The monoisotopic (exact) mass is 487 g/mol. The molecule has 3 aromatic rings. The second-order valence-corrected chi connectivity index (χ2v) is 11.1. The predicted molar refractivity (Wildman–Crippen MR) is 136 cm³/mol. The fraction of sp³-hybridized carbons (Fsp3) is 0.393. The van der Waals surface area contributed by atoms with E-state index in [1.807, 2.05) is 42.2 Å². The molecule has 2 aliphatic heterocycles. The molecule has 180 valence electrons. The van der Waals surface area contributed by atoms with Crippen LogP contribution in [0.3, 0.4) is 0 Å². The number of benzene rings is 2. The van der Waals surface area contributed by atoms with Gasteiger partial charge < -0.3 is 15.0 Å². The van der Waals surface area contributed by atoms with Crippen LogP contribution in [0.25, 0.3) is 10.4 Å². The molecule has 0 radical (unpaired) electrons. The molecule has 2 fully saturated rings. The number of ether oxygens (including phenoxy) is 1. The van der Waals surface area contributed by atoms with Gasteiger partial charge in [-0.15, -0.1) is 11.3 Å². The Morgan fingerprint density at radius 1 is 1.20 bits per heavy atom.